The van der Waals surface area contributed by atoms with E-state index in [-0.39, 0.29) is 98.1 Å². The predicted octanol–water partition coefficient (Wildman–Crippen LogP) is 11.9. The first-order valence-electron chi connectivity index (χ1n) is 14.2. The number of benzene rings is 6. The van der Waals surface area contributed by atoms with Gasteiger partial charge in [-0.2, -0.15) is 47.5 Å². The second kappa shape index (κ2) is 27.9. The molecule has 3 radical (unpaired) electrons. The van der Waals surface area contributed by atoms with Gasteiger partial charge in [-0.1, -0.05) is 111 Å². The van der Waals surface area contributed by atoms with Crippen molar-refractivity contribution in [1.29, 1.82) is 0 Å². The predicted molar refractivity (Wildman–Crippen MR) is 177 cm³/mol. The minimum absolute atomic E-state index is 0. The van der Waals surface area contributed by atoms with Crippen LogP contribution in [0.25, 0.3) is 32.3 Å². The summed E-state index contributed by atoms with van der Waals surface area (Å²) in [4.78, 5) is 0. The summed E-state index contributed by atoms with van der Waals surface area (Å²) in [5, 5.41) is 7.62. The maximum absolute atomic E-state index is 3.29. The molecule has 6 rings (SSSR count). The Balaban J connectivity index is -0.000000482. The van der Waals surface area contributed by atoms with E-state index in [0.717, 1.165) is 0 Å². The molecule has 3 heteroatoms. The summed E-state index contributed by atoms with van der Waals surface area (Å²) in [5.74, 6) is 0. The molecule has 0 unspecified atom stereocenters. The molecular weight excluding hydrogens is 735 g/mol. The van der Waals surface area contributed by atoms with E-state index in [1.807, 2.05) is 71.9 Å². The fraction of sp³-hybridized carbons (Fsp3) is 0.231. The van der Waals surface area contributed by atoms with Gasteiger partial charge in [0.1, 0.15) is 0 Å². The van der Waals surface area contributed by atoms with Crippen LogP contribution in [0, 0.1) is 39.0 Å². The van der Waals surface area contributed by atoms with Crippen molar-refractivity contribution in [2.75, 3.05) is 0 Å². The summed E-state index contributed by atoms with van der Waals surface area (Å²) >= 11 is 0. The zero-order chi connectivity index (χ0) is 29.0. The Labute approximate surface area is 332 Å². The Morgan fingerprint density at radius 3 is 1.60 bits per heavy atom. The standard InChI is InChI=1S/3C11H9.3C2H6.3Y/c1-9-5-4-7-10-6-2-3-8-11(9)10;2*1-9-6-7-10-4-2-3-5-11(10)8-9;3*1-2;;;/h2-4,6-8H,1H3;2-5,7-8H,1H3;2-7H,1H3;3*1-2H3;;;/q3*-1;;;;;;. The van der Waals surface area contributed by atoms with Crippen molar-refractivity contribution >= 4 is 32.3 Å². The molecule has 6 aromatic rings. The number of hydrogen-bond acceptors (Lipinski definition) is 0. The van der Waals surface area contributed by atoms with Crippen LogP contribution in [-0.2, 0) is 98.1 Å². The summed E-state index contributed by atoms with van der Waals surface area (Å²) in [6, 6.07) is 47.1. The van der Waals surface area contributed by atoms with E-state index in [4.69, 9.17) is 0 Å². The first-order chi connectivity index (χ1) is 19.1. The summed E-state index contributed by atoms with van der Waals surface area (Å²) < 4.78 is 0. The van der Waals surface area contributed by atoms with Gasteiger partial charge < -0.3 is 0 Å². The van der Waals surface area contributed by atoms with E-state index in [1.165, 1.54) is 49.0 Å². The average molecular weight is 781 g/mol. The Morgan fingerprint density at radius 2 is 0.976 bits per heavy atom. The van der Waals surface area contributed by atoms with Crippen molar-refractivity contribution in [1.82, 2.24) is 0 Å². The Kier molecular flexibility index (Phi) is 30.5. The van der Waals surface area contributed by atoms with Crippen molar-refractivity contribution in [2.24, 2.45) is 0 Å². The van der Waals surface area contributed by atoms with Crippen molar-refractivity contribution in [3.05, 3.63) is 144 Å². The average Bonchev–Trinajstić information content (AvgIpc) is 3.01. The van der Waals surface area contributed by atoms with Crippen LogP contribution in [0.5, 0.6) is 0 Å². The maximum atomic E-state index is 3.29. The third kappa shape index (κ3) is 15.9. The molecule has 0 aliphatic rings. The molecule has 0 amide bonds. The van der Waals surface area contributed by atoms with Crippen molar-refractivity contribution in [2.45, 2.75) is 62.3 Å². The molecule has 0 aromatic heterocycles. The first kappa shape index (κ1) is 45.8. The molecule has 0 aliphatic carbocycles. The molecule has 0 atom stereocenters. The second-order valence-corrected chi connectivity index (χ2v) is 8.16. The molecule has 42 heavy (non-hydrogen) atoms. The second-order valence-electron chi connectivity index (χ2n) is 8.16. The third-order valence-corrected chi connectivity index (χ3v) is 5.56. The van der Waals surface area contributed by atoms with Gasteiger partial charge in [0.2, 0.25) is 0 Å². The molecule has 0 aliphatic heterocycles. The smallest absolute Gasteiger partial charge is 0 e. The van der Waals surface area contributed by atoms with E-state index in [1.54, 1.807) is 0 Å². The van der Waals surface area contributed by atoms with Gasteiger partial charge >= 0.3 is 0 Å². The van der Waals surface area contributed by atoms with Crippen LogP contribution in [0.3, 0.4) is 0 Å². The Morgan fingerprint density at radius 1 is 0.452 bits per heavy atom. The van der Waals surface area contributed by atoms with E-state index in [2.05, 4.69) is 118 Å². The van der Waals surface area contributed by atoms with Gasteiger partial charge in [0.05, 0.1) is 0 Å². The number of hydrogen-bond donors (Lipinski definition) is 0. The fourth-order valence-corrected chi connectivity index (χ4v) is 3.78. The van der Waals surface area contributed by atoms with Crippen LogP contribution in [0.4, 0.5) is 0 Å². The van der Waals surface area contributed by atoms with Crippen molar-refractivity contribution < 1.29 is 98.1 Å². The first-order valence-corrected chi connectivity index (χ1v) is 14.2. The summed E-state index contributed by atoms with van der Waals surface area (Å²) in [6.45, 7) is 18.2. The van der Waals surface area contributed by atoms with E-state index >= 15 is 0 Å². The molecule has 0 spiro atoms. The Hall–Kier alpha value is -0.588. The minimum atomic E-state index is 0. The number of aryl methyl sites for hydroxylation is 3. The van der Waals surface area contributed by atoms with Crippen molar-refractivity contribution in [3.63, 3.8) is 0 Å². The molecule has 0 heterocycles. The van der Waals surface area contributed by atoms with Crippen LogP contribution < -0.4 is 0 Å². The SMILES string of the molecule is CC.CC.CC.Cc1[c-]c2ccccc2cc1.Cc1[c-]cc2ccccc2c1.Cc1[c-]ccc2ccccc12.[Y].[Y].[Y]. The summed E-state index contributed by atoms with van der Waals surface area (Å²) in [5.41, 5.74) is 3.62. The van der Waals surface area contributed by atoms with Gasteiger partial charge in [-0.15, -0.1) is 80.3 Å². The molecule has 0 saturated carbocycles. The largest absolute Gasteiger partial charge is 0.180 e. The Bertz CT molecular complexity index is 1420. The molecular formula is C39H45Y3-3. The van der Waals surface area contributed by atoms with Gasteiger partial charge in [-0.25, -0.2) is 0 Å². The van der Waals surface area contributed by atoms with Crippen LogP contribution in [0.2, 0.25) is 0 Å². The summed E-state index contributed by atoms with van der Waals surface area (Å²) in [6.07, 6.45) is 0. The van der Waals surface area contributed by atoms with E-state index in [0.29, 0.717) is 0 Å². The summed E-state index contributed by atoms with van der Waals surface area (Å²) in [7, 11) is 0. The molecule has 213 valence electrons. The van der Waals surface area contributed by atoms with Gasteiger partial charge in [-0.05, 0) is 0 Å². The fourth-order valence-electron chi connectivity index (χ4n) is 3.78. The van der Waals surface area contributed by atoms with Crippen LogP contribution in [-0.4, -0.2) is 0 Å². The molecule has 6 aromatic carbocycles. The molecule has 0 saturated heterocycles. The van der Waals surface area contributed by atoms with E-state index < -0.39 is 0 Å². The topological polar surface area (TPSA) is 0 Å². The molecule has 0 bridgehead atoms. The van der Waals surface area contributed by atoms with Gasteiger partial charge in [0.15, 0.2) is 0 Å². The monoisotopic (exact) mass is 780 g/mol. The minimum Gasteiger partial charge on any atom is -0.180 e. The number of fused-ring (bicyclic) bond motifs is 3. The normalized spacial score (nSPS) is 8.50. The molecule has 0 fully saturated rings. The zero-order valence-corrected chi connectivity index (χ0v) is 35.6. The third-order valence-electron chi connectivity index (χ3n) is 5.56. The van der Waals surface area contributed by atoms with Gasteiger partial charge in [-0.3, -0.25) is 0 Å². The van der Waals surface area contributed by atoms with E-state index in [9.17, 15) is 0 Å². The molecule has 0 N–H and O–H groups in total. The van der Waals surface area contributed by atoms with Crippen LogP contribution in [0.15, 0.2) is 109 Å². The van der Waals surface area contributed by atoms with Crippen molar-refractivity contribution in [3.8, 4) is 0 Å². The van der Waals surface area contributed by atoms with Crippen LogP contribution in [0.1, 0.15) is 58.2 Å². The van der Waals surface area contributed by atoms with Gasteiger partial charge in [0, 0.05) is 98.1 Å². The quantitative estimate of drug-likeness (QED) is 0.135. The molecule has 0 nitrogen and oxygen atoms in total. The van der Waals surface area contributed by atoms with Gasteiger partial charge in [0.25, 0.3) is 0 Å². The zero-order valence-electron chi connectivity index (χ0n) is 27.1. The van der Waals surface area contributed by atoms with Crippen LogP contribution >= 0.6 is 0 Å². The maximum Gasteiger partial charge on any atom is 0 e. The number of rotatable bonds is 0.